The molecule has 2 aliphatic rings. The highest BCUT2D eigenvalue weighted by Crippen LogP contribution is 2.45. The molecule has 258 valence electrons. The van der Waals surface area contributed by atoms with Crippen LogP contribution in [0.3, 0.4) is 0 Å². The van der Waals surface area contributed by atoms with Crippen LogP contribution < -0.4 is 0 Å². The Labute approximate surface area is 316 Å². The zero-order valence-corrected chi connectivity index (χ0v) is 30.7. The molecule has 0 N–H and O–H groups in total. The largest absolute Gasteiger partial charge is 0.313 e. The van der Waals surface area contributed by atoms with Crippen LogP contribution in [0.5, 0.6) is 0 Å². The first-order chi connectivity index (χ1) is 26.6. The molecule has 2 aliphatic carbocycles. The zero-order chi connectivity index (χ0) is 35.9. The van der Waals surface area contributed by atoms with E-state index in [1.165, 1.54) is 111 Å². The summed E-state index contributed by atoms with van der Waals surface area (Å²) >= 11 is 0. The monoisotopic (exact) mass is 692 g/mol. The fourth-order valence-electron chi connectivity index (χ4n) is 9.46. The number of rotatable bonds is 4. The van der Waals surface area contributed by atoms with E-state index in [4.69, 9.17) is 0 Å². The van der Waals surface area contributed by atoms with E-state index in [2.05, 4.69) is 181 Å². The lowest BCUT2D eigenvalue weighted by Crippen LogP contribution is -2.06. The van der Waals surface area contributed by atoms with Gasteiger partial charge in [-0.05, 0) is 151 Å². The molecule has 0 fully saturated rings. The van der Waals surface area contributed by atoms with Crippen molar-refractivity contribution < 1.29 is 0 Å². The summed E-state index contributed by atoms with van der Waals surface area (Å²) in [6.07, 6.45) is 6.62. The van der Waals surface area contributed by atoms with Crippen LogP contribution in [0.25, 0.3) is 78.0 Å². The maximum Gasteiger partial charge on any atom is 0.0547 e. The first-order valence-electron chi connectivity index (χ1n) is 19.3. The summed E-state index contributed by atoms with van der Waals surface area (Å²) in [5, 5.41) is 3.99. The number of fused-ring (bicyclic) bond motifs is 9. The van der Waals surface area contributed by atoms with E-state index in [1.54, 1.807) is 0 Å². The van der Waals surface area contributed by atoms with Gasteiger partial charge in [-0.15, -0.1) is 0 Å². The maximum atomic E-state index is 2.55. The van der Waals surface area contributed by atoms with Gasteiger partial charge in [0.05, 0.1) is 16.6 Å². The Balaban J connectivity index is 1.15. The first kappa shape index (κ1) is 31.2. The summed E-state index contributed by atoms with van der Waals surface area (Å²) in [6.45, 7) is 4.37. The predicted molar refractivity (Wildman–Crippen MR) is 228 cm³/mol. The Morgan fingerprint density at radius 2 is 0.981 bits per heavy atom. The van der Waals surface area contributed by atoms with Crippen molar-refractivity contribution in [3.63, 3.8) is 0 Å². The molecule has 7 aromatic carbocycles. The summed E-state index contributed by atoms with van der Waals surface area (Å²) < 4.78 is 5.02. The lowest BCUT2D eigenvalue weighted by atomic mass is 9.83. The highest BCUT2D eigenvalue weighted by atomic mass is 15.0. The average Bonchev–Trinajstić information content (AvgIpc) is 3.70. The Hall–Kier alpha value is -6.38. The van der Waals surface area contributed by atoms with Crippen LogP contribution in [0.1, 0.15) is 45.5 Å². The van der Waals surface area contributed by atoms with Gasteiger partial charge in [0.1, 0.15) is 0 Å². The van der Waals surface area contributed by atoms with E-state index in [0.29, 0.717) is 0 Å². The van der Waals surface area contributed by atoms with Crippen LogP contribution in [0.2, 0.25) is 0 Å². The van der Waals surface area contributed by atoms with Gasteiger partial charge in [-0.1, -0.05) is 102 Å². The fraction of sp³-hybridized carbons (Fsp3) is 0.115. The second-order valence-corrected chi connectivity index (χ2v) is 15.4. The summed E-state index contributed by atoms with van der Waals surface area (Å²) in [4.78, 5) is 0. The Morgan fingerprint density at radius 1 is 0.407 bits per heavy atom. The van der Waals surface area contributed by atoms with Crippen LogP contribution in [0.4, 0.5) is 0 Å². The third kappa shape index (κ3) is 4.87. The molecule has 2 heteroatoms. The molecule has 0 unspecified atom stereocenters. The highest BCUT2D eigenvalue weighted by molar-refractivity contribution is 6.12. The normalized spacial score (nSPS) is 13.6. The van der Waals surface area contributed by atoms with E-state index in [1.807, 2.05) is 0 Å². The number of para-hydroxylation sites is 2. The molecular weight excluding hydrogens is 653 g/mol. The van der Waals surface area contributed by atoms with Gasteiger partial charge in [-0.3, -0.25) is 0 Å². The molecule has 0 spiro atoms. The molecule has 2 heterocycles. The lowest BCUT2D eigenvalue weighted by Gasteiger charge is -2.22. The molecule has 0 bridgehead atoms. The minimum absolute atomic E-state index is 1.02. The molecule has 9 aromatic rings. The second-order valence-electron chi connectivity index (χ2n) is 15.4. The van der Waals surface area contributed by atoms with Crippen molar-refractivity contribution in [2.45, 2.75) is 39.5 Å². The van der Waals surface area contributed by atoms with Gasteiger partial charge >= 0.3 is 0 Å². The maximum absolute atomic E-state index is 2.55. The number of allylic oxidation sites excluding steroid dienone is 1. The molecule has 2 aromatic heterocycles. The van der Waals surface area contributed by atoms with Gasteiger partial charge < -0.3 is 9.13 Å². The Bertz CT molecular complexity index is 2990. The van der Waals surface area contributed by atoms with Crippen molar-refractivity contribution in [2.24, 2.45) is 0 Å². The van der Waals surface area contributed by atoms with Crippen molar-refractivity contribution in [2.75, 3.05) is 0 Å². The third-order valence-corrected chi connectivity index (χ3v) is 12.0. The van der Waals surface area contributed by atoms with Gasteiger partial charge in [0, 0.05) is 38.8 Å². The number of hydrogen-bond donors (Lipinski definition) is 0. The van der Waals surface area contributed by atoms with Crippen molar-refractivity contribution >= 4 is 44.4 Å². The van der Waals surface area contributed by atoms with Gasteiger partial charge in [0.15, 0.2) is 0 Å². The lowest BCUT2D eigenvalue weighted by molar-refractivity contribution is 0.897. The number of nitrogens with zero attached hydrogens (tertiary/aromatic N) is 2. The third-order valence-electron chi connectivity index (χ3n) is 12.0. The number of hydrogen-bond acceptors (Lipinski definition) is 0. The minimum Gasteiger partial charge on any atom is -0.313 e. The molecular formula is C52H40N2. The summed E-state index contributed by atoms with van der Waals surface area (Å²) in [6, 6.07) is 56.8. The van der Waals surface area contributed by atoms with Crippen LogP contribution >= 0.6 is 0 Å². The van der Waals surface area contributed by atoms with Crippen LogP contribution in [0, 0.1) is 13.8 Å². The topological polar surface area (TPSA) is 9.86 Å². The molecule has 0 saturated carbocycles. The van der Waals surface area contributed by atoms with E-state index in [-0.39, 0.29) is 0 Å². The van der Waals surface area contributed by atoms with Crippen molar-refractivity contribution in [1.82, 2.24) is 9.13 Å². The molecule has 0 atom stereocenters. The van der Waals surface area contributed by atoms with Crippen molar-refractivity contribution in [1.29, 1.82) is 0 Å². The zero-order valence-electron chi connectivity index (χ0n) is 30.7. The molecule has 0 amide bonds. The fourth-order valence-corrected chi connectivity index (χ4v) is 9.46. The second kappa shape index (κ2) is 12.1. The molecule has 0 radical (unpaired) electrons. The first-order valence-corrected chi connectivity index (χ1v) is 19.3. The molecule has 0 saturated heterocycles. The SMILES string of the molecule is Cc1cccc(C2=Cc3c(n(-c4ccccc4)c4cc5c(cc34)CCc3cc4c6cc(-c7cccc(C)c7)ccc6n(-c6ccccc6)c4cc3-5)CC2)c1. The predicted octanol–water partition coefficient (Wildman–Crippen LogP) is 13.3. The van der Waals surface area contributed by atoms with E-state index >= 15 is 0 Å². The number of aryl methyl sites for hydroxylation is 4. The molecule has 2 nitrogen and oxygen atoms in total. The quantitative estimate of drug-likeness (QED) is 0.174. The van der Waals surface area contributed by atoms with Gasteiger partial charge in [0.2, 0.25) is 0 Å². The van der Waals surface area contributed by atoms with E-state index in [9.17, 15) is 0 Å². The van der Waals surface area contributed by atoms with Crippen LogP contribution in [-0.4, -0.2) is 9.13 Å². The van der Waals surface area contributed by atoms with Gasteiger partial charge in [-0.25, -0.2) is 0 Å². The smallest absolute Gasteiger partial charge is 0.0547 e. The summed E-state index contributed by atoms with van der Waals surface area (Å²) in [5.74, 6) is 0. The summed E-state index contributed by atoms with van der Waals surface area (Å²) in [7, 11) is 0. The van der Waals surface area contributed by atoms with Gasteiger partial charge in [-0.2, -0.15) is 0 Å². The molecule has 11 rings (SSSR count). The van der Waals surface area contributed by atoms with Crippen LogP contribution in [-0.2, 0) is 19.3 Å². The van der Waals surface area contributed by atoms with Crippen molar-refractivity contribution in [3.8, 4) is 33.6 Å². The van der Waals surface area contributed by atoms with Gasteiger partial charge in [0.25, 0.3) is 0 Å². The van der Waals surface area contributed by atoms with Crippen LogP contribution in [0.15, 0.2) is 152 Å². The Kier molecular flexibility index (Phi) is 6.97. The number of aromatic nitrogens is 2. The number of benzene rings is 7. The summed E-state index contributed by atoms with van der Waals surface area (Å²) in [5.41, 5.74) is 22.5. The van der Waals surface area contributed by atoms with Crippen molar-refractivity contribution in [3.05, 3.63) is 191 Å². The van der Waals surface area contributed by atoms with E-state index in [0.717, 1.165) is 25.7 Å². The average molecular weight is 693 g/mol. The molecule has 54 heavy (non-hydrogen) atoms. The molecule has 0 aliphatic heterocycles. The Morgan fingerprint density at radius 3 is 1.67 bits per heavy atom. The van der Waals surface area contributed by atoms with E-state index < -0.39 is 0 Å². The highest BCUT2D eigenvalue weighted by Gasteiger charge is 2.26. The minimum atomic E-state index is 1.02. The standard InChI is InChI=1S/C52H40N2/c1-33-11-9-13-35(25-33)37-21-23-49-45(27-37)47-29-39-19-20-40-30-48-46-28-38(36-14-10-12-34(2)26-36)22-24-50(46)54(42-17-7-4-8-18-42)52(48)32-44(40)43(39)31-51(47)53(49)41-15-5-3-6-16-41/h3-18,21,23,25-32H,19-20,22,24H2,1-2H3.